The molecule has 2 saturated carbocycles. The molecule has 1 saturated heterocycles. The van der Waals surface area contributed by atoms with Gasteiger partial charge in [-0.2, -0.15) is 0 Å². The van der Waals surface area contributed by atoms with E-state index in [4.69, 9.17) is 4.74 Å². The Morgan fingerprint density at radius 3 is 2.67 bits per heavy atom. The lowest BCUT2D eigenvalue weighted by atomic mass is 9.78. The molecule has 98 valence electrons. The number of rotatable bonds is 0. The number of Topliss-reactive ketones (excluding diaryl/α,β-unsaturated/α-hetero) is 1. The number of fused-ring (bicyclic) bond motifs is 3. The Bertz CT molecular complexity index is 425. The quantitative estimate of drug-likeness (QED) is 0.488. The molecule has 0 amide bonds. The predicted molar refractivity (Wildman–Crippen MR) is 66.7 cm³/mol. The van der Waals surface area contributed by atoms with Gasteiger partial charge in [-0.25, -0.2) is 0 Å². The van der Waals surface area contributed by atoms with E-state index in [9.17, 15) is 9.59 Å². The van der Waals surface area contributed by atoms with Crippen molar-refractivity contribution in [2.75, 3.05) is 0 Å². The molecular formula is C15H20O3. The Morgan fingerprint density at radius 2 is 1.94 bits per heavy atom. The number of carbonyl (C=O) groups excluding carboxylic acids is 2. The molecule has 0 aromatic heterocycles. The van der Waals surface area contributed by atoms with Crippen LogP contribution in [0.3, 0.4) is 0 Å². The molecular weight excluding hydrogens is 228 g/mol. The molecule has 6 atom stereocenters. The van der Waals surface area contributed by atoms with Crippen molar-refractivity contribution in [1.29, 1.82) is 0 Å². The lowest BCUT2D eigenvalue weighted by molar-refractivity contribution is -0.146. The van der Waals surface area contributed by atoms with Crippen LogP contribution in [0.1, 0.15) is 33.1 Å². The molecule has 0 bridgehead atoms. The second-order valence-corrected chi connectivity index (χ2v) is 6.19. The van der Waals surface area contributed by atoms with Gasteiger partial charge < -0.3 is 4.74 Å². The van der Waals surface area contributed by atoms with Gasteiger partial charge in [-0.3, -0.25) is 9.59 Å². The number of hydrogen-bond acceptors (Lipinski definition) is 3. The first kappa shape index (κ1) is 11.9. The van der Waals surface area contributed by atoms with Gasteiger partial charge in [0.1, 0.15) is 11.9 Å². The van der Waals surface area contributed by atoms with Gasteiger partial charge >= 0.3 is 5.97 Å². The molecule has 0 spiro atoms. The lowest BCUT2D eigenvalue weighted by Crippen LogP contribution is -2.32. The van der Waals surface area contributed by atoms with E-state index in [2.05, 4.69) is 6.58 Å². The van der Waals surface area contributed by atoms with Gasteiger partial charge in [0.25, 0.3) is 0 Å². The van der Waals surface area contributed by atoms with E-state index >= 15 is 0 Å². The summed E-state index contributed by atoms with van der Waals surface area (Å²) in [7, 11) is 0. The molecule has 0 unspecified atom stereocenters. The average Bonchev–Trinajstić information content (AvgIpc) is 2.72. The smallest absolute Gasteiger partial charge is 0.309 e. The monoisotopic (exact) mass is 248 g/mol. The molecule has 0 radical (unpaired) electrons. The first-order chi connectivity index (χ1) is 8.50. The summed E-state index contributed by atoms with van der Waals surface area (Å²) in [5, 5.41) is 0. The summed E-state index contributed by atoms with van der Waals surface area (Å²) in [5.74, 6) is 0.898. The van der Waals surface area contributed by atoms with E-state index in [-0.39, 0.29) is 41.7 Å². The van der Waals surface area contributed by atoms with Crippen LogP contribution in [0.4, 0.5) is 0 Å². The maximum Gasteiger partial charge on any atom is 0.309 e. The van der Waals surface area contributed by atoms with Crippen LogP contribution >= 0.6 is 0 Å². The minimum absolute atomic E-state index is 0.00968. The zero-order valence-electron chi connectivity index (χ0n) is 11.0. The lowest BCUT2D eigenvalue weighted by Gasteiger charge is -2.28. The van der Waals surface area contributed by atoms with Crippen molar-refractivity contribution in [3.05, 3.63) is 12.2 Å². The number of allylic oxidation sites excluding steroid dienone is 1. The summed E-state index contributed by atoms with van der Waals surface area (Å²) < 4.78 is 5.61. The van der Waals surface area contributed by atoms with Crippen LogP contribution in [0.5, 0.6) is 0 Å². The van der Waals surface area contributed by atoms with E-state index < -0.39 is 0 Å². The van der Waals surface area contributed by atoms with Crippen LogP contribution in [0.15, 0.2) is 12.2 Å². The van der Waals surface area contributed by atoms with Crippen LogP contribution in [0, 0.1) is 29.6 Å². The van der Waals surface area contributed by atoms with E-state index in [1.54, 1.807) is 0 Å². The highest BCUT2D eigenvalue weighted by Gasteiger charge is 2.55. The van der Waals surface area contributed by atoms with E-state index in [0.29, 0.717) is 12.2 Å². The molecule has 3 fully saturated rings. The van der Waals surface area contributed by atoms with Crippen LogP contribution in [-0.2, 0) is 14.3 Å². The van der Waals surface area contributed by atoms with Crippen LogP contribution in [0.25, 0.3) is 0 Å². The maximum atomic E-state index is 12.0. The summed E-state index contributed by atoms with van der Waals surface area (Å²) in [6, 6.07) is 0. The summed E-state index contributed by atoms with van der Waals surface area (Å²) in [6.45, 7) is 8.11. The highest BCUT2D eigenvalue weighted by atomic mass is 16.6. The van der Waals surface area contributed by atoms with Crippen molar-refractivity contribution >= 4 is 11.8 Å². The molecule has 0 aromatic carbocycles. The van der Waals surface area contributed by atoms with Crippen LogP contribution in [-0.4, -0.2) is 17.9 Å². The molecule has 1 aliphatic heterocycles. The number of hydrogen-bond donors (Lipinski definition) is 0. The Hall–Kier alpha value is -1.12. The second-order valence-electron chi connectivity index (χ2n) is 6.19. The van der Waals surface area contributed by atoms with Crippen molar-refractivity contribution in [3.8, 4) is 0 Å². The second kappa shape index (κ2) is 3.94. The van der Waals surface area contributed by atoms with Gasteiger partial charge in [-0.1, -0.05) is 26.0 Å². The van der Waals surface area contributed by atoms with E-state index in [1.807, 2.05) is 13.8 Å². The molecule has 2 aliphatic carbocycles. The van der Waals surface area contributed by atoms with Gasteiger partial charge in [0.2, 0.25) is 0 Å². The molecule has 0 aromatic rings. The fourth-order valence-electron chi connectivity index (χ4n) is 4.14. The topological polar surface area (TPSA) is 43.4 Å². The first-order valence-electron chi connectivity index (χ1n) is 6.91. The van der Waals surface area contributed by atoms with Crippen molar-refractivity contribution in [2.24, 2.45) is 29.6 Å². The third kappa shape index (κ3) is 1.49. The SMILES string of the molecule is C=C1CC[C@H]2[C@@H](OC(=O)[C@H]2C)[C@H]2[C@@H]1CC(=O)[C@@H]2C. The van der Waals surface area contributed by atoms with Gasteiger partial charge in [-0.15, -0.1) is 0 Å². The molecule has 3 aliphatic rings. The largest absolute Gasteiger partial charge is 0.461 e. The molecule has 3 heteroatoms. The Balaban J connectivity index is 1.98. The number of ketones is 1. The normalized spacial score (nSPS) is 47.6. The van der Waals surface area contributed by atoms with Crippen LogP contribution < -0.4 is 0 Å². The summed E-state index contributed by atoms with van der Waals surface area (Å²) in [5.41, 5.74) is 1.19. The molecule has 18 heavy (non-hydrogen) atoms. The number of carbonyl (C=O) groups is 2. The number of ether oxygens (including phenoxy) is 1. The van der Waals surface area contributed by atoms with Crippen molar-refractivity contribution in [2.45, 2.75) is 39.2 Å². The zero-order chi connectivity index (χ0) is 13.0. The fourth-order valence-corrected chi connectivity index (χ4v) is 4.14. The molecule has 0 N–H and O–H groups in total. The van der Waals surface area contributed by atoms with E-state index in [0.717, 1.165) is 12.8 Å². The summed E-state index contributed by atoms with van der Waals surface area (Å²) in [6.07, 6.45) is 2.45. The fraction of sp³-hybridized carbons (Fsp3) is 0.733. The molecule has 3 nitrogen and oxygen atoms in total. The molecule has 1 heterocycles. The predicted octanol–water partition coefficient (Wildman–Crippen LogP) is 2.36. The standard InChI is InChI=1S/C15H20O3/c1-7-4-5-10-8(2)15(17)18-14(10)13-9(3)12(16)6-11(7)13/h8-11,13-14H,1,4-6H2,2-3H3/t8-,9-,10+,11+,13+,14+/m0/s1. The van der Waals surface area contributed by atoms with Crippen molar-refractivity contribution < 1.29 is 14.3 Å². The minimum atomic E-state index is -0.0807. The molecule has 3 rings (SSSR count). The Morgan fingerprint density at radius 1 is 1.22 bits per heavy atom. The Kier molecular flexibility index (Phi) is 2.61. The van der Waals surface area contributed by atoms with E-state index in [1.165, 1.54) is 5.57 Å². The first-order valence-corrected chi connectivity index (χ1v) is 6.91. The minimum Gasteiger partial charge on any atom is -0.461 e. The zero-order valence-corrected chi connectivity index (χ0v) is 11.0. The maximum absolute atomic E-state index is 12.0. The van der Waals surface area contributed by atoms with Gasteiger partial charge in [0.15, 0.2) is 0 Å². The summed E-state index contributed by atoms with van der Waals surface area (Å²) >= 11 is 0. The van der Waals surface area contributed by atoms with Crippen molar-refractivity contribution in [3.63, 3.8) is 0 Å². The third-order valence-electron chi connectivity index (χ3n) is 5.36. The highest BCUT2D eigenvalue weighted by molar-refractivity contribution is 5.84. The summed E-state index contributed by atoms with van der Waals surface area (Å²) in [4.78, 5) is 23.7. The third-order valence-corrected chi connectivity index (χ3v) is 5.36. The number of esters is 1. The van der Waals surface area contributed by atoms with Gasteiger partial charge in [-0.05, 0) is 18.8 Å². The van der Waals surface area contributed by atoms with Gasteiger partial charge in [0.05, 0.1) is 5.92 Å². The van der Waals surface area contributed by atoms with Crippen LogP contribution in [0.2, 0.25) is 0 Å². The highest BCUT2D eigenvalue weighted by Crippen LogP contribution is 2.51. The van der Waals surface area contributed by atoms with Gasteiger partial charge in [0, 0.05) is 24.2 Å². The van der Waals surface area contributed by atoms with Crippen molar-refractivity contribution in [1.82, 2.24) is 0 Å². The Labute approximate surface area is 108 Å². The average molecular weight is 248 g/mol.